The summed E-state index contributed by atoms with van der Waals surface area (Å²) in [6, 6.07) is 18.2. The van der Waals surface area contributed by atoms with Gasteiger partial charge in [-0.2, -0.15) is 0 Å². The fourth-order valence-electron chi connectivity index (χ4n) is 3.03. The molecule has 1 amide bonds. The molecule has 33 heavy (non-hydrogen) atoms. The summed E-state index contributed by atoms with van der Waals surface area (Å²) < 4.78 is 38.8. The van der Waals surface area contributed by atoms with Gasteiger partial charge in [0.05, 0.1) is 11.5 Å². The van der Waals surface area contributed by atoms with Crippen molar-refractivity contribution in [1.29, 1.82) is 0 Å². The summed E-state index contributed by atoms with van der Waals surface area (Å²) in [6.07, 6.45) is 0. The Bertz CT molecular complexity index is 1210. The van der Waals surface area contributed by atoms with E-state index in [0.717, 1.165) is 11.1 Å². The van der Waals surface area contributed by atoms with Gasteiger partial charge in [0.25, 0.3) is 15.9 Å². The average molecular weight is 469 g/mol. The summed E-state index contributed by atoms with van der Waals surface area (Å²) in [5.74, 6) is 0.246. The summed E-state index contributed by atoms with van der Waals surface area (Å²) in [7, 11) is -3.75. The minimum atomic E-state index is -3.75. The lowest BCUT2D eigenvalue weighted by Gasteiger charge is -2.11. The van der Waals surface area contributed by atoms with E-state index in [4.69, 9.17) is 9.47 Å². The number of benzene rings is 3. The number of hydrogen-bond donors (Lipinski definition) is 2. The topological polar surface area (TPSA) is 93.7 Å². The van der Waals surface area contributed by atoms with E-state index >= 15 is 0 Å². The highest BCUT2D eigenvalue weighted by Crippen LogP contribution is 2.21. The van der Waals surface area contributed by atoms with Crippen molar-refractivity contribution >= 4 is 27.3 Å². The van der Waals surface area contributed by atoms with Crippen molar-refractivity contribution in [1.82, 2.24) is 0 Å². The maximum atomic E-state index is 12.7. The van der Waals surface area contributed by atoms with Gasteiger partial charge in [-0.05, 0) is 86.5 Å². The Morgan fingerprint density at radius 1 is 0.879 bits per heavy atom. The summed E-state index contributed by atoms with van der Waals surface area (Å²) in [4.78, 5) is 12.7. The summed E-state index contributed by atoms with van der Waals surface area (Å²) in [5, 5.41) is 2.77. The normalized spacial score (nSPS) is 11.1. The van der Waals surface area contributed by atoms with Gasteiger partial charge >= 0.3 is 0 Å². The van der Waals surface area contributed by atoms with Crippen LogP contribution >= 0.6 is 0 Å². The van der Waals surface area contributed by atoms with Gasteiger partial charge in [0.2, 0.25) is 0 Å². The van der Waals surface area contributed by atoms with E-state index in [1.807, 2.05) is 26.8 Å². The van der Waals surface area contributed by atoms with Crippen LogP contribution in [0.2, 0.25) is 0 Å². The molecule has 3 rings (SSSR count). The van der Waals surface area contributed by atoms with Crippen molar-refractivity contribution in [3.63, 3.8) is 0 Å². The van der Waals surface area contributed by atoms with Crippen LogP contribution in [0.25, 0.3) is 0 Å². The van der Waals surface area contributed by atoms with Gasteiger partial charge in [0, 0.05) is 23.5 Å². The summed E-state index contributed by atoms with van der Waals surface area (Å²) in [5.41, 5.74) is 3.49. The second-order valence-electron chi connectivity index (χ2n) is 7.46. The first-order valence-corrected chi connectivity index (χ1v) is 12.1. The molecular weight excluding hydrogens is 440 g/mol. The highest BCUT2D eigenvalue weighted by molar-refractivity contribution is 7.92. The standard InChI is InChI=1S/C25H28N2O5S/c1-4-31-14-15-32-23-7-5-6-20(17-23)25(28)26-21-10-12-24(13-11-21)33(29,30)27-22-9-8-18(2)19(3)16-22/h5-13,16-17,27H,4,14-15H2,1-3H3,(H,26,28). The first kappa shape index (κ1) is 24.3. The fraction of sp³-hybridized carbons (Fsp3) is 0.240. The third-order valence-corrected chi connectivity index (χ3v) is 6.38. The Labute approximate surface area is 194 Å². The molecule has 0 atom stereocenters. The van der Waals surface area contributed by atoms with Crippen molar-refractivity contribution in [2.75, 3.05) is 29.9 Å². The van der Waals surface area contributed by atoms with Gasteiger partial charge in [0.1, 0.15) is 12.4 Å². The largest absolute Gasteiger partial charge is 0.491 e. The molecule has 3 aromatic rings. The van der Waals surface area contributed by atoms with Gasteiger partial charge in [0.15, 0.2) is 0 Å². The quantitative estimate of drug-likeness (QED) is 0.418. The molecule has 0 saturated carbocycles. The number of amides is 1. The predicted octanol–water partition coefficient (Wildman–Crippen LogP) is 4.77. The van der Waals surface area contributed by atoms with E-state index in [1.54, 1.807) is 48.5 Å². The third kappa shape index (κ3) is 6.81. The van der Waals surface area contributed by atoms with Crippen LogP contribution < -0.4 is 14.8 Å². The fourth-order valence-corrected chi connectivity index (χ4v) is 4.08. The molecule has 0 radical (unpaired) electrons. The molecule has 0 aliphatic carbocycles. The molecule has 0 fully saturated rings. The lowest BCUT2D eigenvalue weighted by Crippen LogP contribution is -2.14. The van der Waals surface area contributed by atoms with Crippen LogP contribution in [-0.4, -0.2) is 34.1 Å². The van der Waals surface area contributed by atoms with E-state index in [-0.39, 0.29) is 10.8 Å². The van der Waals surface area contributed by atoms with Gasteiger partial charge in [-0.1, -0.05) is 12.1 Å². The number of sulfonamides is 1. The van der Waals surface area contributed by atoms with Gasteiger partial charge < -0.3 is 14.8 Å². The van der Waals surface area contributed by atoms with Crippen LogP contribution in [0.15, 0.2) is 71.6 Å². The van der Waals surface area contributed by atoms with Crippen molar-refractivity contribution < 1.29 is 22.7 Å². The van der Waals surface area contributed by atoms with Crippen LogP contribution in [0.4, 0.5) is 11.4 Å². The molecule has 2 N–H and O–H groups in total. The molecule has 0 unspecified atom stereocenters. The highest BCUT2D eigenvalue weighted by atomic mass is 32.2. The molecule has 0 aliphatic heterocycles. The second-order valence-corrected chi connectivity index (χ2v) is 9.14. The van der Waals surface area contributed by atoms with Gasteiger partial charge in [-0.3, -0.25) is 9.52 Å². The summed E-state index contributed by atoms with van der Waals surface area (Å²) >= 11 is 0. The number of ether oxygens (including phenoxy) is 2. The SMILES string of the molecule is CCOCCOc1cccc(C(=O)Nc2ccc(S(=O)(=O)Nc3ccc(C)c(C)c3)cc2)c1. The third-order valence-electron chi connectivity index (χ3n) is 4.98. The molecule has 8 heteroatoms. The van der Waals surface area contributed by atoms with Crippen LogP contribution in [0, 0.1) is 13.8 Å². The molecule has 0 bridgehead atoms. The molecule has 174 valence electrons. The molecule has 0 heterocycles. The number of hydrogen-bond acceptors (Lipinski definition) is 5. The maximum absolute atomic E-state index is 12.7. The number of rotatable bonds is 10. The molecular formula is C25H28N2O5S. The zero-order valence-corrected chi connectivity index (χ0v) is 19.7. The maximum Gasteiger partial charge on any atom is 0.261 e. The Balaban J connectivity index is 1.64. The summed E-state index contributed by atoms with van der Waals surface area (Å²) in [6.45, 7) is 7.28. The highest BCUT2D eigenvalue weighted by Gasteiger charge is 2.15. The average Bonchev–Trinajstić information content (AvgIpc) is 2.79. The van der Waals surface area contributed by atoms with E-state index in [9.17, 15) is 13.2 Å². The zero-order chi connectivity index (χ0) is 23.8. The van der Waals surface area contributed by atoms with E-state index < -0.39 is 10.0 Å². The van der Waals surface area contributed by atoms with Crippen LogP contribution in [0.3, 0.4) is 0 Å². The first-order valence-electron chi connectivity index (χ1n) is 10.6. The van der Waals surface area contributed by atoms with Crippen molar-refractivity contribution in [2.24, 2.45) is 0 Å². The van der Waals surface area contributed by atoms with E-state index in [1.165, 1.54) is 12.1 Å². The van der Waals surface area contributed by atoms with E-state index in [0.29, 0.717) is 42.5 Å². The molecule has 3 aromatic carbocycles. The Kier molecular flexibility index (Phi) is 8.08. The number of nitrogens with one attached hydrogen (secondary N) is 2. The molecule has 7 nitrogen and oxygen atoms in total. The Hall–Kier alpha value is -3.36. The lowest BCUT2D eigenvalue weighted by atomic mass is 10.1. The number of carbonyl (C=O) groups is 1. The van der Waals surface area contributed by atoms with Gasteiger partial charge in [-0.25, -0.2) is 8.42 Å². The molecule has 0 aromatic heterocycles. The minimum absolute atomic E-state index is 0.100. The molecule has 0 saturated heterocycles. The second kappa shape index (κ2) is 11.0. The number of anilines is 2. The lowest BCUT2D eigenvalue weighted by molar-refractivity contribution is 0.102. The van der Waals surface area contributed by atoms with Crippen LogP contribution in [-0.2, 0) is 14.8 Å². The molecule has 0 spiro atoms. The van der Waals surface area contributed by atoms with Crippen molar-refractivity contribution in [3.8, 4) is 5.75 Å². The van der Waals surface area contributed by atoms with Gasteiger partial charge in [-0.15, -0.1) is 0 Å². The molecule has 0 aliphatic rings. The number of aryl methyl sites for hydroxylation is 2. The van der Waals surface area contributed by atoms with Crippen molar-refractivity contribution in [3.05, 3.63) is 83.4 Å². The van der Waals surface area contributed by atoms with Crippen LogP contribution in [0.5, 0.6) is 5.75 Å². The first-order chi connectivity index (χ1) is 15.8. The minimum Gasteiger partial charge on any atom is -0.491 e. The number of carbonyl (C=O) groups excluding carboxylic acids is 1. The predicted molar refractivity (Wildman–Crippen MR) is 130 cm³/mol. The zero-order valence-electron chi connectivity index (χ0n) is 18.9. The Morgan fingerprint density at radius 3 is 2.30 bits per heavy atom. The Morgan fingerprint density at radius 2 is 1.61 bits per heavy atom. The van der Waals surface area contributed by atoms with Crippen LogP contribution in [0.1, 0.15) is 28.4 Å². The van der Waals surface area contributed by atoms with E-state index in [2.05, 4.69) is 10.0 Å². The smallest absolute Gasteiger partial charge is 0.261 e. The van der Waals surface area contributed by atoms with Crippen molar-refractivity contribution in [2.45, 2.75) is 25.7 Å². The monoisotopic (exact) mass is 468 g/mol.